The van der Waals surface area contributed by atoms with Crippen molar-refractivity contribution in [2.75, 3.05) is 0 Å². The van der Waals surface area contributed by atoms with Crippen molar-refractivity contribution in [3.8, 4) is 0 Å². The largest absolute Gasteiger partial charge is 0.476 e. The third-order valence-corrected chi connectivity index (χ3v) is 1.66. The summed E-state index contributed by atoms with van der Waals surface area (Å²) < 4.78 is 0. The Morgan fingerprint density at radius 1 is 1.00 bits per heavy atom. The molecule has 0 fully saturated rings. The minimum absolute atomic E-state index is 0.571. The van der Waals surface area contributed by atoms with Gasteiger partial charge in [0.1, 0.15) is 0 Å². The fraction of sp³-hybridized carbons (Fsp3) is 0. The van der Waals surface area contributed by atoms with Crippen LogP contribution in [0.1, 0.15) is 0 Å². The molecule has 0 aromatic carbocycles. The highest BCUT2D eigenvalue weighted by Gasteiger charge is 2.36. The van der Waals surface area contributed by atoms with Gasteiger partial charge >= 0.3 is 17.9 Å². The Labute approximate surface area is 83.5 Å². The van der Waals surface area contributed by atoms with Crippen LogP contribution in [0.5, 0.6) is 0 Å². The van der Waals surface area contributed by atoms with Gasteiger partial charge in [-0.1, -0.05) is 0 Å². The molecule has 3 N–H and O–H groups in total. The molecule has 0 saturated carbocycles. The summed E-state index contributed by atoms with van der Waals surface area (Å²) in [5.41, 5.74) is -2.00. The van der Waals surface area contributed by atoms with Gasteiger partial charge in [0.25, 0.3) is 0 Å². The first-order valence-corrected chi connectivity index (χ1v) is 3.69. The second-order valence-electron chi connectivity index (χ2n) is 2.56. The number of aliphatic carboxylic acids is 3. The monoisotopic (exact) mass is 209 g/mol. The summed E-state index contributed by atoms with van der Waals surface area (Å²) in [5, 5.41) is 26.0. The fourth-order valence-electron chi connectivity index (χ4n) is 1.07. The summed E-state index contributed by atoms with van der Waals surface area (Å²) in [4.78, 5) is 31.9. The minimum Gasteiger partial charge on any atom is -0.476 e. The SMILES string of the molecule is O=C(O)C1=[C+]C=CC(C(=O)O)=C1C(=O)O. The van der Waals surface area contributed by atoms with E-state index >= 15 is 0 Å². The van der Waals surface area contributed by atoms with Crippen molar-refractivity contribution >= 4 is 17.9 Å². The molecule has 1 aliphatic rings. The van der Waals surface area contributed by atoms with Gasteiger partial charge in [-0.05, 0) is 0 Å². The lowest BCUT2D eigenvalue weighted by Crippen LogP contribution is -2.18. The van der Waals surface area contributed by atoms with Gasteiger partial charge in [-0.25, -0.2) is 9.59 Å². The molecule has 0 aromatic heterocycles. The summed E-state index contributed by atoms with van der Waals surface area (Å²) >= 11 is 0. The normalized spacial score (nSPS) is 14.3. The number of hydrogen-bond acceptors (Lipinski definition) is 3. The molecule has 15 heavy (non-hydrogen) atoms. The van der Waals surface area contributed by atoms with E-state index in [2.05, 4.69) is 6.08 Å². The number of carboxylic acid groups (broad SMARTS) is 3. The molecule has 0 heterocycles. The second-order valence-corrected chi connectivity index (χ2v) is 2.56. The molecule has 0 atom stereocenters. The Hall–Kier alpha value is -2.46. The average molecular weight is 209 g/mol. The molecule has 0 radical (unpaired) electrons. The van der Waals surface area contributed by atoms with Crippen LogP contribution < -0.4 is 0 Å². The third-order valence-electron chi connectivity index (χ3n) is 1.66. The Morgan fingerprint density at radius 3 is 2.00 bits per heavy atom. The van der Waals surface area contributed by atoms with E-state index in [4.69, 9.17) is 15.3 Å². The van der Waals surface area contributed by atoms with Gasteiger partial charge < -0.3 is 15.3 Å². The van der Waals surface area contributed by atoms with Crippen molar-refractivity contribution in [2.24, 2.45) is 0 Å². The zero-order chi connectivity index (χ0) is 11.6. The first-order valence-electron chi connectivity index (χ1n) is 3.69. The molecule has 0 aromatic rings. The van der Waals surface area contributed by atoms with E-state index < -0.39 is 34.6 Å². The Balaban J connectivity index is 3.42. The highest BCUT2D eigenvalue weighted by atomic mass is 16.4. The van der Waals surface area contributed by atoms with Crippen molar-refractivity contribution < 1.29 is 29.7 Å². The quantitative estimate of drug-likeness (QED) is 0.556. The van der Waals surface area contributed by atoms with Gasteiger partial charge in [0.05, 0.1) is 6.08 Å². The van der Waals surface area contributed by atoms with Crippen LogP contribution in [0.3, 0.4) is 0 Å². The number of allylic oxidation sites excluding steroid dienone is 2. The smallest absolute Gasteiger partial charge is 0.430 e. The van der Waals surface area contributed by atoms with Crippen molar-refractivity contribution in [3.05, 3.63) is 34.9 Å². The van der Waals surface area contributed by atoms with Gasteiger partial charge in [0, 0.05) is 12.2 Å². The molecule has 6 heteroatoms. The van der Waals surface area contributed by atoms with E-state index in [0.29, 0.717) is 0 Å². The zero-order valence-corrected chi connectivity index (χ0v) is 7.22. The lowest BCUT2D eigenvalue weighted by atomic mass is 9.95. The average Bonchev–Trinajstić information content (AvgIpc) is 2.16. The van der Waals surface area contributed by atoms with Crippen LogP contribution in [0.25, 0.3) is 0 Å². The molecule has 0 saturated heterocycles. The topological polar surface area (TPSA) is 112 Å². The molecule has 0 bridgehead atoms. The molecular weight excluding hydrogens is 204 g/mol. The lowest BCUT2D eigenvalue weighted by molar-refractivity contribution is -0.137. The van der Waals surface area contributed by atoms with Gasteiger partial charge in [0.2, 0.25) is 5.57 Å². The lowest BCUT2D eigenvalue weighted by Gasteiger charge is -2.00. The third kappa shape index (κ3) is 1.90. The number of carboxylic acids is 3. The van der Waals surface area contributed by atoms with Crippen molar-refractivity contribution in [2.45, 2.75) is 0 Å². The maximum Gasteiger partial charge on any atom is 0.430 e. The van der Waals surface area contributed by atoms with E-state index in [1.54, 1.807) is 0 Å². The highest BCUT2D eigenvalue weighted by Crippen LogP contribution is 2.21. The summed E-state index contributed by atoms with van der Waals surface area (Å²) in [7, 11) is 0. The summed E-state index contributed by atoms with van der Waals surface area (Å²) in [6, 6.07) is 0. The standard InChI is InChI=1S/C9H4O6/c10-7(11)4-2-1-3-5(8(12)13)6(4)9(14)15/h1-2H,(H2-,10,11,12,13,14,15)/p+1. The molecule has 1 aliphatic carbocycles. The van der Waals surface area contributed by atoms with Crippen molar-refractivity contribution in [3.63, 3.8) is 0 Å². The summed E-state index contributed by atoms with van der Waals surface area (Å²) in [5.74, 6) is -4.64. The molecule has 0 amide bonds. The summed E-state index contributed by atoms with van der Waals surface area (Å²) in [6.45, 7) is 0. The van der Waals surface area contributed by atoms with Crippen molar-refractivity contribution in [1.29, 1.82) is 0 Å². The van der Waals surface area contributed by atoms with E-state index in [-0.39, 0.29) is 0 Å². The van der Waals surface area contributed by atoms with E-state index in [9.17, 15) is 14.4 Å². The van der Waals surface area contributed by atoms with E-state index in [1.807, 2.05) is 0 Å². The second kappa shape index (κ2) is 3.73. The minimum atomic E-state index is -1.61. The van der Waals surface area contributed by atoms with Crippen LogP contribution in [-0.2, 0) is 14.4 Å². The first-order chi connectivity index (χ1) is 6.95. The van der Waals surface area contributed by atoms with Crippen LogP contribution in [0.2, 0.25) is 0 Å². The first kappa shape index (κ1) is 10.6. The van der Waals surface area contributed by atoms with Crippen molar-refractivity contribution in [1.82, 2.24) is 0 Å². The van der Waals surface area contributed by atoms with Crippen LogP contribution in [0.15, 0.2) is 28.9 Å². The molecule has 0 aliphatic heterocycles. The Kier molecular flexibility index (Phi) is 2.64. The molecule has 1 rings (SSSR count). The van der Waals surface area contributed by atoms with Gasteiger partial charge in [-0.2, -0.15) is 4.79 Å². The van der Waals surface area contributed by atoms with E-state index in [0.717, 1.165) is 12.2 Å². The maximum atomic E-state index is 10.7. The predicted molar refractivity (Wildman–Crippen MR) is 45.8 cm³/mol. The van der Waals surface area contributed by atoms with Gasteiger partial charge in [-0.3, -0.25) is 0 Å². The van der Waals surface area contributed by atoms with Gasteiger partial charge in [0.15, 0.2) is 11.1 Å². The summed E-state index contributed by atoms with van der Waals surface area (Å²) in [6.07, 6.45) is 4.21. The van der Waals surface area contributed by atoms with E-state index in [1.165, 1.54) is 0 Å². The molecule has 76 valence electrons. The Bertz CT molecular complexity index is 438. The zero-order valence-electron chi connectivity index (χ0n) is 7.22. The fourth-order valence-corrected chi connectivity index (χ4v) is 1.07. The number of rotatable bonds is 3. The predicted octanol–water partition coefficient (Wildman–Crippen LogP) is -0.164. The van der Waals surface area contributed by atoms with Crippen LogP contribution >= 0.6 is 0 Å². The number of carbonyl (C=O) groups is 3. The van der Waals surface area contributed by atoms with Gasteiger partial charge in [-0.15, -0.1) is 0 Å². The molecule has 0 unspecified atom stereocenters. The number of hydrogen-bond donors (Lipinski definition) is 3. The molecule has 0 spiro atoms. The van der Waals surface area contributed by atoms with Crippen LogP contribution in [0, 0.1) is 6.08 Å². The molecule has 6 nitrogen and oxygen atoms in total. The molecular formula is C9H5O6+. The van der Waals surface area contributed by atoms with Crippen LogP contribution in [0.4, 0.5) is 0 Å². The Morgan fingerprint density at radius 2 is 1.60 bits per heavy atom. The van der Waals surface area contributed by atoms with Crippen LogP contribution in [-0.4, -0.2) is 33.2 Å². The highest BCUT2D eigenvalue weighted by molar-refractivity contribution is 6.12. The maximum absolute atomic E-state index is 10.7.